The second-order valence-electron chi connectivity index (χ2n) is 4.63. The van der Waals surface area contributed by atoms with E-state index in [0.29, 0.717) is 17.2 Å². The molecule has 0 aliphatic carbocycles. The van der Waals surface area contributed by atoms with E-state index in [1.807, 2.05) is 11.8 Å². The number of hydrogen-bond donors (Lipinski definition) is 2. The highest BCUT2D eigenvalue weighted by Gasteiger charge is 2.13. The maximum absolute atomic E-state index is 14.0. The topological polar surface area (TPSA) is 53.1 Å². The average Bonchev–Trinajstić information content (AvgIpc) is 2.35. The molecule has 0 fully saturated rings. The lowest BCUT2D eigenvalue weighted by Gasteiger charge is -2.26. The zero-order chi connectivity index (χ0) is 13.7. The molecule has 0 radical (unpaired) electrons. The first-order chi connectivity index (χ1) is 8.49. The van der Waals surface area contributed by atoms with Crippen LogP contribution in [0.5, 0.6) is 0 Å². The van der Waals surface area contributed by atoms with Gasteiger partial charge in [-0.1, -0.05) is 20.3 Å². The normalized spacial score (nSPS) is 12.2. The molecule has 100 valence electrons. The minimum absolute atomic E-state index is 0.106. The first-order valence-corrected chi connectivity index (χ1v) is 6.38. The molecule has 0 bridgehead atoms. The van der Waals surface area contributed by atoms with Gasteiger partial charge in [0, 0.05) is 18.7 Å². The van der Waals surface area contributed by atoms with Crippen LogP contribution in [-0.2, 0) is 0 Å². The monoisotopic (exact) mass is 251 g/mol. The number of amidine groups is 1. The van der Waals surface area contributed by atoms with Gasteiger partial charge in [0.05, 0.1) is 5.69 Å². The Bertz CT molecular complexity index is 418. The van der Waals surface area contributed by atoms with Crippen LogP contribution in [0.3, 0.4) is 0 Å². The Morgan fingerprint density at radius 2 is 2.11 bits per heavy atom. The smallest absolute Gasteiger partial charge is 0.147 e. The van der Waals surface area contributed by atoms with E-state index < -0.39 is 0 Å². The van der Waals surface area contributed by atoms with Gasteiger partial charge in [-0.05, 0) is 31.0 Å². The van der Waals surface area contributed by atoms with Crippen molar-refractivity contribution in [1.82, 2.24) is 0 Å². The van der Waals surface area contributed by atoms with E-state index in [2.05, 4.69) is 13.8 Å². The van der Waals surface area contributed by atoms with E-state index in [-0.39, 0.29) is 11.7 Å². The van der Waals surface area contributed by atoms with Crippen LogP contribution in [0.4, 0.5) is 10.1 Å². The van der Waals surface area contributed by atoms with Crippen molar-refractivity contribution in [3.8, 4) is 0 Å². The molecule has 3 N–H and O–H groups in total. The molecule has 1 unspecified atom stereocenters. The van der Waals surface area contributed by atoms with Gasteiger partial charge in [0.1, 0.15) is 11.7 Å². The van der Waals surface area contributed by atoms with E-state index in [9.17, 15) is 4.39 Å². The fourth-order valence-corrected chi connectivity index (χ4v) is 1.83. The predicted octanol–water partition coefficient (Wildman–Crippen LogP) is 2.98. The third-order valence-corrected chi connectivity index (χ3v) is 3.21. The molecule has 0 saturated carbocycles. The summed E-state index contributed by atoms with van der Waals surface area (Å²) in [5.41, 5.74) is 6.36. The van der Waals surface area contributed by atoms with Crippen LogP contribution in [0.2, 0.25) is 0 Å². The van der Waals surface area contributed by atoms with Crippen molar-refractivity contribution in [3.05, 3.63) is 29.6 Å². The Hall–Kier alpha value is -1.58. The predicted molar refractivity (Wildman–Crippen MR) is 74.8 cm³/mol. The van der Waals surface area contributed by atoms with Crippen molar-refractivity contribution in [3.63, 3.8) is 0 Å². The minimum Gasteiger partial charge on any atom is -0.384 e. The second kappa shape index (κ2) is 6.38. The van der Waals surface area contributed by atoms with Crippen molar-refractivity contribution in [2.75, 3.05) is 18.0 Å². The molecule has 18 heavy (non-hydrogen) atoms. The summed E-state index contributed by atoms with van der Waals surface area (Å²) in [7, 11) is 0. The van der Waals surface area contributed by atoms with Crippen molar-refractivity contribution in [2.24, 2.45) is 11.7 Å². The largest absolute Gasteiger partial charge is 0.384 e. The van der Waals surface area contributed by atoms with Gasteiger partial charge >= 0.3 is 0 Å². The number of nitrogen functional groups attached to an aromatic ring is 1. The van der Waals surface area contributed by atoms with Crippen LogP contribution in [0, 0.1) is 17.1 Å². The van der Waals surface area contributed by atoms with Crippen LogP contribution in [0.15, 0.2) is 18.2 Å². The van der Waals surface area contributed by atoms with E-state index in [1.54, 1.807) is 12.1 Å². The molecule has 0 aromatic heterocycles. The molecule has 1 atom stereocenters. The third kappa shape index (κ3) is 3.45. The summed E-state index contributed by atoms with van der Waals surface area (Å²) in [5, 5.41) is 7.30. The molecule has 1 aromatic rings. The molecule has 0 spiro atoms. The Balaban J connectivity index is 2.96. The number of benzene rings is 1. The van der Waals surface area contributed by atoms with E-state index in [1.165, 1.54) is 6.07 Å². The van der Waals surface area contributed by atoms with Crippen LogP contribution < -0.4 is 10.6 Å². The molecule has 4 heteroatoms. The number of halogens is 1. The second-order valence-corrected chi connectivity index (χ2v) is 4.63. The fraction of sp³-hybridized carbons (Fsp3) is 0.500. The molecule has 1 aromatic carbocycles. The van der Waals surface area contributed by atoms with E-state index >= 15 is 0 Å². The summed E-state index contributed by atoms with van der Waals surface area (Å²) < 4.78 is 14.0. The molecule has 0 aliphatic heterocycles. The van der Waals surface area contributed by atoms with Gasteiger partial charge in [-0.3, -0.25) is 5.41 Å². The fourth-order valence-electron chi connectivity index (χ4n) is 1.83. The first-order valence-electron chi connectivity index (χ1n) is 6.38. The van der Waals surface area contributed by atoms with Crippen LogP contribution in [0.25, 0.3) is 0 Å². The highest BCUT2D eigenvalue weighted by Crippen LogP contribution is 2.22. The molecule has 3 nitrogen and oxygen atoms in total. The minimum atomic E-state index is -0.312. The summed E-state index contributed by atoms with van der Waals surface area (Å²) in [6, 6.07) is 4.73. The molecule has 0 aliphatic rings. The molecular formula is C14H22FN3. The summed E-state index contributed by atoms with van der Waals surface area (Å²) in [6.45, 7) is 7.91. The number of anilines is 1. The molecule has 0 amide bonds. The summed E-state index contributed by atoms with van der Waals surface area (Å²) >= 11 is 0. The molecule has 0 heterocycles. The number of rotatable bonds is 6. The maximum Gasteiger partial charge on any atom is 0.147 e. The summed E-state index contributed by atoms with van der Waals surface area (Å²) in [5.74, 6) is 0.107. The Kier molecular flexibility index (Phi) is 5.13. The van der Waals surface area contributed by atoms with E-state index in [0.717, 1.165) is 19.5 Å². The quantitative estimate of drug-likeness (QED) is 0.603. The number of nitrogens with zero attached hydrogens (tertiary/aromatic N) is 1. The lowest BCUT2D eigenvalue weighted by Crippen LogP contribution is -2.29. The lowest BCUT2D eigenvalue weighted by atomic mass is 10.1. The van der Waals surface area contributed by atoms with Gasteiger partial charge < -0.3 is 10.6 Å². The van der Waals surface area contributed by atoms with Gasteiger partial charge in [0.25, 0.3) is 0 Å². The molecular weight excluding hydrogens is 229 g/mol. The van der Waals surface area contributed by atoms with Gasteiger partial charge in [0.15, 0.2) is 0 Å². The highest BCUT2D eigenvalue weighted by molar-refractivity contribution is 5.95. The van der Waals surface area contributed by atoms with E-state index in [4.69, 9.17) is 11.1 Å². The maximum atomic E-state index is 14.0. The highest BCUT2D eigenvalue weighted by atomic mass is 19.1. The summed E-state index contributed by atoms with van der Waals surface area (Å²) in [6.07, 6.45) is 1.07. The molecule has 1 rings (SSSR count). The van der Waals surface area contributed by atoms with Crippen molar-refractivity contribution in [1.29, 1.82) is 5.41 Å². The summed E-state index contributed by atoms with van der Waals surface area (Å²) in [4.78, 5) is 2.02. The number of nitrogens with one attached hydrogen (secondary N) is 1. The van der Waals surface area contributed by atoms with Gasteiger partial charge in [-0.2, -0.15) is 0 Å². The molecule has 0 saturated heterocycles. The van der Waals surface area contributed by atoms with Crippen molar-refractivity contribution in [2.45, 2.75) is 27.2 Å². The zero-order valence-corrected chi connectivity index (χ0v) is 11.3. The Morgan fingerprint density at radius 3 is 2.56 bits per heavy atom. The van der Waals surface area contributed by atoms with Crippen LogP contribution >= 0.6 is 0 Å². The Morgan fingerprint density at radius 1 is 1.44 bits per heavy atom. The van der Waals surface area contributed by atoms with Crippen LogP contribution in [0.1, 0.15) is 32.8 Å². The first kappa shape index (κ1) is 14.5. The SMILES string of the molecule is CCC(C)CN(CC)c1ccc(C(=N)N)cc1F. The van der Waals surface area contributed by atoms with Gasteiger partial charge in [-0.25, -0.2) is 4.39 Å². The van der Waals surface area contributed by atoms with Gasteiger partial charge in [-0.15, -0.1) is 0 Å². The van der Waals surface area contributed by atoms with Crippen molar-refractivity contribution < 1.29 is 4.39 Å². The standard InChI is InChI=1S/C14H22FN3/c1-4-10(3)9-18(5-2)13-7-6-11(14(16)17)8-12(13)15/h6-8,10H,4-5,9H2,1-3H3,(H3,16,17). The van der Waals surface area contributed by atoms with Crippen molar-refractivity contribution >= 4 is 11.5 Å². The lowest BCUT2D eigenvalue weighted by molar-refractivity contribution is 0.538. The van der Waals surface area contributed by atoms with Crippen LogP contribution in [-0.4, -0.2) is 18.9 Å². The third-order valence-electron chi connectivity index (χ3n) is 3.21. The Labute approximate surface area is 108 Å². The zero-order valence-electron chi connectivity index (χ0n) is 11.3. The van der Waals surface area contributed by atoms with Gasteiger partial charge in [0.2, 0.25) is 0 Å². The number of hydrogen-bond acceptors (Lipinski definition) is 2. The average molecular weight is 251 g/mol. The number of nitrogens with two attached hydrogens (primary N) is 1.